The topological polar surface area (TPSA) is 68.8 Å². The van der Waals surface area contributed by atoms with Crippen molar-refractivity contribution in [2.24, 2.45) is 0 Å². The van der Waals surface area contributed by atoms with Gasteiger partial charge < -0.3 is 20.0 Å². The molecule has 1 aliphatic heterocycles. The number of nitrogens with one attached hydrogen (secondary N) is 1. The molecule has 7 nitrogen and oxygen atoms in total. The van der Waals surface area contributed by atoms with E-state index >= 15 is 0 Å². The first-order chi connectivity index (χ1) is 16.4. The average molecular weight is 482 g/mol. The summed E-state index contributed by atoms with van der Waals surface area (Å²) in [4.78, 5) is 35.7. The van der Waals surface area contributed by atoms with Gasteiger partial charge in [-0.05, 0) is 38.1 Å². The van der Waals surface area contributed by atoms with Crippen LogP contribution in [-0.2, 0) is 6.54 Å². The fraction of sp³-hybridized carbons (Fsp3) is 0.320. The monoisotopic (exact) mass is 481 g/mol. The first-order valence-electron chi connectivity index (χ1n) is 11.3. The molecule has 0 atom stereocenters. The van der Waals surface area contributed by atoms with Crippen LogP contribution in [0.25, 0.3) is 0 Å². The Balaban J connectivity index is 1.36. The molecule has 2 aromatic carbocycles. The number of thiazole rings is 1. The summed E-state index contributed by atoms with van der Waals surface area (Å²) in [6.07, 6.45) is 0. The number of urea groups is 1. The van der Waals surface area contributed by atoms with E-state index in [0.29, 0.717) is 49.1 Å². The summed E-state index contributed by atoms with van der Waals surface area (Å²) >= 11 is 1.37. The zero-order valence-electron chi connectivity index (χ0n) is 19.3. The number of halogens is 1. The Morgan fingerprint density at radius 1 is 1.06 bits per heavy atom. The van der Waals surface area contributed by atoms with E-state index in [4.69, 9.17) is 0 Å². The van der Waals surface area contributed by atoms with E-state index in [1.807, 2.05) is 55.1 Å². The van der Waals surface area contributed by atoms with Crippen LogP contribution in [0.3, 0.4) is 0 Å². The van der Waals surface area contributed by atoms with Crippen molar-refractivity contribution in [2.75, 3.05) is 36.4 Å². The summed E-state index contributed by atoms with van der Waals surface area (Å²) < 4.78 is 14.1. The van der Waals surface area contributed by atoms with Crippen LogP contribution in [0.5, 0.6) is 0 Å². The molecule has 0 bridgehead atoms. The first kappa shape index (κ1) is 23.7. The lowest BCUT2D eigenvalue weighted by Crippen LogP contribution is -2.49. The number of hydrogen-bond donors (Lipinski definition) is 1. The summed E-state index contributed by atoms with van der Waals surface area (Å²) in [5.41, 5.74) is 1.67. The molecule has 1 aromatic heterocycles. The van der Waals surface area contributed by atoms with E-state index in [0.717, 1.165) is 5.69 Å². The number of anilines is 2. The van der Waals surface area contributed by atoms with E-state index in [2.05, 4.69) is 10.3 Å². The predicted octanol–water partition coefficient (Wildman–Crippen LogP) is 4.69. The van der Waals surface area contributed by atoms with Crippen LogP contribution in [0.1, 0.15) is 29.3 Å². The minimum Gasteiger partial charge on any atom is -0.366 e. The van der Waals surface area contributed by atoms with Crippen molar-refractivity contribution < 1.29 is 14.0 Å². The second-order valence-electron chi connectivity index (χ2n) is 8.37. The van der Waals surface area contributed by atoms with Gasteiger partial charge in [0, 0.05) is 43.3 Å². The molecule has 0 radical (unpaired) electrons. The zero-order valence-corrected chi connectivity index (χ0v) is 20.1. The number of para-hydroxylation sites is 2. The Morgan fingerprint density at radius 3 is 2.41 bits per heavy atom. The van der Waals surface area contributed by atoms with E-state index in [1.165, 1.54) is 17.4 Å². The predicted molar refractivity (Wildman–Crippen MR) is 133 cm³/mol. The van der Waals surface area contributed by atoms with Crippen LogP contribution >= 0.6 is 11.3 Å². The maximum absolute atomic E-state index is 14.1. The molecular formula is C25H28FN5O2S. The zero-order chi connectivity index (χ0) is 24.1. The highest BCUT2D eigenvalue weighted by molar-refractivity contribution is 7.09. The molecule has 9 heteroatoms. The van der Waals surface area contributed by atoms with E-state index in [9.17, 15) is 14.0 Å². The van der Waals surface area contributed by atoms with Gasteiger partial charge in [-0.1, -0.05) is 30.3 Å². The first-order valence-corrected chi connectivity index (χ1v) is 12.2. The van der Waals surface area contributed by atoms with Gasteiger partial charge >= 0.3 is 6.03 Å². The average Bonchev–Trinajstić information content (AvgIpc) is 3.32. The van der Waals surface area contributed by atoms with Crippen molar-refractivity contribution in [3.63, 3.8) is 0 Å². The summed E-state index contributed by atoms with van der Waals surface area (Å²) in [6.45, 7) is 6.32. The molecule has 1 N–H and O–H groups in total. The number of rotatable bonds is 6. The molecule has 0 unspecified atom stereocenters. The van der Waals surface area contributed by atoms with Crippen molar-refractivity contribution in [3.05, 3.63) is 76.5 Å². The van der Waals surface area contributed by atoms with Gasteiger partial charge in [-0.2, -0.15) is 0 Å². The normalized spacial score (nSPS) is 13.8. The van der Waals surface area contributed by atoms with Gasteiger partial charge in [0.15, 0.2) is 0 Å². The fourth-order valence-electron chi connectivity index (χ4n) is 3.85. The number of piperazine rings is 1. The molecule has 3 amide bonds. The number of nitrogens with zero attached hydrogens (tertiary/aromatic N) is 4. The second-order valence-corrected chi connectivity index (χ2v) is 9.32. The Kier molecular flexibility index (Phi) is 7.42. The molecule has 4 rings (SSSR count). The molecule has 1 aliphatic rings. The number of carbonyl (C=O) groups is 2. The minimum absolute atomic E-state index is 0.0433. The molecular weight excluding hydrogens is 453 g/mol. The van der Waals surface area contributed by atoms with E-state index in [1.54, 1.807) is 27.3 Å². The Bertz CT molecular complexity index is 1130. The van der Waals surface area contributed by atoms with Crippen molar-refractivity contribution >= 4 is 34.6 Å². The Labute approximate surface area is 202 Å². The summed E-state index contributed by atoms with van der Waals surface area (Å²) in [5.74, 6) is -0.391. The Hall–Kier alpha value is -3.46. The number of carbonyl (C=O) groups excluding carboxylic acids is 2. The maximum Gasteiger partial charge on any atom is 0.322 e. The van der Waals surface area contributed by atoms with Gasteiger partial charge in [-0.15, -0.1) is 11.3 Å². The molecule has 1 fully saturated rings. The summed E-state index contributed by atoms with van der Waals surface area (Å²) in [5, 5.41) is 5.35. The van der Waals surface area contributed by atoms with Gasteiger partial charge in [-0.25, -0.2) is 14.2 Å². The van der Waals surface area contributed by atoms with E-state index < -0.39 is 0 Å². The summed E-state index contributed by atoms with van der Waals surface area (Å²) in [7, 11) is 0. The second kappa shape index (κ2) is 10.6. The molecule has 0 saturated carbocycles. The highest BCUT2D eigenvalue weighted by atomic mass is 32.1. The molecule has 178 valence electrons. The molecule has 1 saturated heterocycles. The molecule has 0 aliphatic carbocycles. The lowest BCUT2D eigenvalue weighted by molar-refractivity contribution is 0.0741. The number of hydrogen-bond acceptors (Lipinski definition) is 5. The Morgan fingerprint density at radius 2 is 1.74 bits per heavy atom. The van der Waals surface area contributed by atoms with Gasteiger partial charge in [-0.3, -0.25) is 4.79 Å². The third kappa shape index (κ3) is 5.53. The van der Waals surface area contributed by atoms with Gasteiger partial charge in [0.05, 0.1) is 12.2 Å². The number of aromatic nitrogens is 1. The summed E-state index contributed by atoms with van der Waals surface area (Å²) in [6, 6.07) is 15.7. The van der Waals surface area contributed by atoms with Crippen molar-refractivity contribution in [1.29, 1.82) is 0 Å². The van der Waals surface area contributed by atoms with Crippen molar-refractivity contribution in [1.82, 2.24) is 14.8 Å². The third-order valence-corrected chi connectivity index (χ3v) is 6.58. The van der Waals surface area contributed by atoms with Crippen LogP contribution in [0.2, 0.25) is 0 Å². The van der Waals surface area contributed by atoms with Crippen LogP contribution in [0.4, 0.5) is 20.6 Å². The quantitative estimate of drug-likeness (QED) is 0.555. The number of benzene rings is 2. The lowest BCUT2D eigenvalue weighted by Gasteiger charge is -2.35. The van der Waals surface area contributed by atoms with Crippen LogP contribution in [0.15, 0.2) is 60.0 Å². The van der Waals surface area contributed by atoms with Gasteiger partial charge in [0.1, 0.15) is 16.5 Å². The van der Waals surface area contributed by atoms with Crippen LogP contribution in [0, 0.1) is 5.82 Å². The van der Waals surface area contributed by atoms with Crippen LogP contribution < -0.4 is 10.2 Å². The smallest absolute Gasteiger partial charge is 0.322 e. The molecule has 0 spiro atoms. The third-order valence-electron chi connectivity index (χ3n) is 5.75. The van der Waals surface area contributed by atoms with Gasteiger partial charge in [0.2, 0.25) is 0 Å². The van der Waals surface area contributed by atoms with E-state index in [-0.39, 0.29) is 23.8 Å². The maximum atomic E-state index is 14.1. The van der Waals surface area contributed by atoms with Crippen molar-refractivity contribution in [2.45, 2.75) is 26.4 Å². The largest absolute Gasteiger partial charge is 0.366 e. The number of amides is 3. The molecule has 34 heavy (non-hydrogen) atoms. The van der Waals surface area contributed by atoms with Gasteiger partial charge in [0.25, 0.3) is 5.91 Å². The van der Waals surface area contributed by atoms with Crippen LogP contribution in [-0.4, -0.2) is 58.9 Å². The highest BCUT2D eigenvalue weighted by Crippen LogP contribution is 2.22. The lowest BCUT2D eigenvalue weighted by atomic mass is 10.2. The fourth-order valence-corrected chi connectivity index (χ4v) is 4.62. The minimum atomic E-state index is -0.252. The molecule has 3 aromatic rings. The highest BCUT2D eigenvalue weighted by Gasteiger charge is 2.26. The molecule has 2 heterocycles. The SMILES string of the molecule is CC(C)N(Cc1nc(C(=O)N2CCN(c3ccccc3F)CC2)cs1)C(=O)Nc1ccccc1. The van der Waals surface area contributed by atoms with Crippen molar-refractivity contribution in [3.8, 4) is 0 Å². The standard InChI is InChI=1S/C25H28FN5O2S/c1-18(2)31(25(33)27-19-8-4-3-5-9-19)16-23-28-21(17-34-23)24(32)30-14-12-29(13-15-30)22-11-7-6-10-20(22)26/h3-11,17-18H,12-16H2,1-2H3,(H,27,33).